The van der Waals surface area contributed by atoms with Gasteiger partial charge >= 0.3 is 0 Å². The number of anilines is 1. The second kappa shape index (κ2) is 10.3. The number of aromatic nitrogens is 2. The number of hydrogen-bond acceptors (Lipinski definition) is 7. The zero-order valence-corrected chi connectivity index (χ0v) is 19.6. The van der Waals surface area contributed by atoms with E-state index in [2.05, 4.69) is 10.00 Å². The standard InChI is InChI=1S/C25H28N4O5/c1-32-20-6-4-5-19(16-20)27-11-13-28(14-12-27)25(31)17-29-24(30)10-8-21(26-29)18-7-9-22(33-2)23(15-18)34-3/h4-10,15-16H,11-14,17H2,1-3H3. The van der Waals surface area contributed by atoms with Crippen molar-refractivity contribution in [2.24, 2.45) is 0 Å². The number of piperazine rings is 1. The fourth-order valence-electron chi connectivity index (χ4n) is 3.96. The molecule has 2 aromatic carbocycles. The first kappa shape index (κ1) is 23.2. The van der Waals surface area contributed by atoms with Crippen molar-refractivity contribution in [3.8, 4) is 28.5 Å². The van der Waals surface area contributed by atoms with Gasteiger partial charge in [0.05, 0.1) is 27.0 Å². The average molecular weight is 465 g/mol. The van der Waals surface area contributed by atoms with Crippen LogP contribution in [0.2, 0.25) is 0 Å². The van der Waals surface area contributed by atoms with Crippen molar-refractivity contribution in [2.45, 2.75) is 6.54 Å². The number of ether oxygens (including phenoxy) is 3. The minimum Gasteiger partial charge on any atom is -0.497 e. The van der Waals surface area contributed by atoms with Crippen LogP contribution in [0.1, 0.15) is 0 Å². The van der Waals surface area contributed by atoms with Gasteiger partial charge in [-0.3, -0.25) is 9.59 Å². The molecule has 1 saturated heterocycles. The highest BCUT2D eigenvalue weighted by atomic mass is 16.5. The molecule has 0 bridgehead atoms. The van der Waals surface area contributed by atoms with E-state index in [9.17, 15) is 9.59 Å². The fraction of sp³-hybridized carbons (Fsp3) is 0.320. The van der Waals surface area contributed by atoms with Crippen LogP contribution in [0.25, 0.3) is 11.3 Å². The van der Waals surface area contributed by atoms with Gasteiger partial charge in [0.1, 0.15) is 12.3 Å². The van der Waals surface area contributed by atoms with Gasteiger partial charge in [0.2, 0.25) is 5.91 Å². The topological polar surface area (TPSA) is 86.1 Å². The Morgan fingerprint density at radius 1 is 0.882 bits per heavy atom. The molecule has 9 heteroatoms. The third kappa shape index (κ3) is 4.98. The highest BCUT2D eigenvalue weighted by Gasteiger charge is 2.22. The maximum atomic E-state index is 12.9. The molecule has 1 aromatic heterocycles. The Bertz CT molecular complexity index is 1220. The number of methoxy groups -OCH3 is 3. The van der Waals surface area contributed by atoms with Gasteiger partial charge in [0.25, 0.3) is 5.56 Å². The maximum absolute atomic E-state index is 12.9. The summed E-state index contributed by atoms with van der Waals surface area (Å²) in [4.78, 5) is 29.3. The van der Waals surface area contributed by atoms with Crippen LogP contribution in [0, 0.1) is 0 Å². The van der Waals surface area contributed by atoms with E-state index in [0.29, 0.717) is 43.4 Å². The van der Waals surface area contributed by atoms with Gasteiger partial charge in [0.15, 0.2) is 11.5 Å². The predicted molar refractivity (Wildman–Crippen MR) is 129 cm³/mol. The number of amides is 1. The molecule has 0 spiro atoms. The van der Waals surface area contributed by atoms with Gasteiger partial charge in [-0.15, -0.1) is 0 Å². The molecule has 3 aromatic rings. The molecule has 0 radical (unpaired) electrons. The first-order valence-electron chi connectivity index (χ1n) is 11.0. The summed E-state index contributed by atoms with van der Waals surface area (Å²) in [6, 6.07) is 16.3. The van der Waals surface area contributed by atoms with Gasteiger partial charge in [-0.1, -0.05) is 6.07 Å². The third-order valence-corrected chi connectivity index (χ3v) is 5.88. The normalized spacial score (nSPS) is 13.5. The molecular weight excluding hydrogens is 436 g/mol. The van der Waals surface area contributed by atoms with Gasteiger partial charge in [0, 0.05) is 49.6 Å². The quantitative estimate of drug-likeness (QED) is 0.530. The lowest BCUT2D eigenvalue weighted by Gasteiger charge is -2.36. The molecule has 178 valence electrons. The summed E-state index contributed by atoms with van der Waals surface area (Å²) in [6.45, 7) is 2.43. The average Bonchev–Trinajstić information content (AvgIpc) is 2.89. The summed E-state index contributed by atoms with van der Waals surface area (Å²) >= 11 is 0. The van der Waals surface area contributed by atoms with Crippen LogP contribution in [-0.4, -0.2) is 68.1 Å². The largest absolute Gasteiger partial charge is 0.497 e. The maximum Gasteiger partial charge on any atom is 0.267 e. The molecule has 2 heterocycles. The number of rotatable bonds is 7. The van der Waals surface area contributed by atoms with Crippen molar-refractivity contribution < 1.29 is 19.0 Å². The van der Waals surface area contributed by atoms with E-state index in [1.165, 1.54) is 10.7 Å². The molecule has 1 amide bonds. The number of benzene rings is 2. The molecule has 0 atom stereocenters. The van der Waals surface area contributed by atoms with Crippen LogP contribution in [0.3, 0.4) is 0 Å². The zero-order valence-electron chi connectivity index (χ0n) is 19.6. The lowest BCUT2D eigenvalue weighted by molar-refractivity contribution is -0.132. The van der Waals surface area contributed by atoms with E-state index < -0.39 is 0 Å². The van der Waals surface area contributed by atoms with Crippen LogP contribution in [0.5, 0.6) is 17.2 Å². The van der Waals surface area contributed by atoms with Crippen molar-refractivity contribution >= 4 is 11.6 Å². The number of carbonyl (C=O) groups excluding carboxylic acids is 1. The zero-order chi connectivity index (χ0) is 24.1. The Morgan fingerprint density at radius 2 is 1.65 bits per heavy atom. The molecule has 0 unspecified atom stereocenters. The molecule has 0 aliphatic carbocycles. The Balaban J connectivity index is 1.44. The summed E-state index contributed by atoms with van der Waals surface area (Å²) in [7, 11) is 4.77. The van der Waals surface area contributed by atoms with Crippen molar-refractivity contribution in [1.29, 1.82) is 0 Å². The van der Waals surface area contributed by atoms with Crippen molar-refractivity contribution in [3.63, 3.8) is 0 Å². The van der Waals surface area contributed by atoms with Gasteiger partial charge < -0.3 is 24.0 Å². The lowest BCUT2D eigenvalue weighted by atomic mass is 10.1. The smallest absolute Gasteiger partial charge is 0.267 e. The minimum atomic E-state index is -0.326. The highest BCUT2D eigenvalue weighted by Crippen LogP contribution is 2.31. The summed E-state index contributed by atoms with van der Waals surface area (Å²) in [5, 5.41) is 4.43. The van der Waals surface area contributed by atoms with Crippen molar-refractivity contribution in [2.75, 3.05) is 52.4 Å². The first-order valence-corrected chi connectivity index (χ1v) is 11.0. The number of hydrogen-bond donors (Lipinski definition) is 0. The molecular formula is C25H28N4O5. The summed E-state index contributed by atoms with van der Waals surface area (Å²) in [5.74, 6) is 1.83. The SMILES string of the molecule is COc1cccc(N2CCN(C(=O)Cn3nc(-c4ccc(OC)c(OC)c4)ccc3=O)CC2)c1. The van der Waals surface area contributed by atoms with E-state index in [-0.39, 0.29) is 18.0 Å². The Kier molecular flexibility index (Phi) is 7.01. The van der Waals surface area contributed by atoms with Gasteiger partial charge in [-0.2, -0.15) is 5.10 Å². The fourth-order valence-corrected chi connectivity index (χ4v) is 3.96. The molecule has 1 fully saturated rings. The van der Waals surface area contributed by atoms with E-state index in [1.54, 1.807) is 44.4 Å². The lowest BCUT2D eigenvalue weighted by Crippen LogP contribution is -2.50. The number of nitrogens with zero attached hydrogens (tertiary/aromatic N) is 4. The van der Waals surface area contributed by atoms with Crippen LogP contribution < -0.4 is 24.7 Å². The summed E-state index contributed by atoms with van der Waals surface area (Å²) < 4.78 is 17.1. The second-order valence-corrected chi connectivity index (χ2v) is 7.85. The van der Waals surface area contributed by atoms with Gasteiger partial charge in [-0.25, -0.2) is 4.68 Å². The van der Waals surface area contributed by atoms with E-state index in [1.807, 2.05) is 30.3 Å². The van der Waals surface area contributed by atoms with Crippen LogP contribution in [-0.2, 0) is 11.3 Å². The summed E-state index contributed by atoms with van der Waals surface area (Å²) in [6.07, 6.45) is 0. The second-order valence-electron chi connectivity index (χ2n) is 7.85. The molecule has 4 rings (SSSR count). The van der Waals surface area contributed by atoms with Crippen LogP contribution in [0.4, 0.5) is 5.69 Å². The summed E-state index contributed by atoms with van der Waals surface area (Å²) in [5.41, 5.74) is 2.06. The van der Waals surface area contributed by atoms with Crippen LogP contribution >= 0.6 is 0 Å². The monoisotopic (exact) mass is 464 g/mol. The predicted octanol–water partition coefficient (Wildman–Crippen LogP) is 2.28. The Hall–Kier alpha value is -4.01. The minimum absolute atomic E-state index is 0.112. The molecule has 0 saturated carbocycles. The van der Waals surface area contributed by atoms with E-state index in [4.69, 9.17) is 14.2 Å². The first-order chi connectivity index (χ1) is 16.5. The van der Waals surface area contributed by atoms with Gasteiger partial charge in [-0.05, 0) is 36.4 Å². The Morgan fingerprint density at radius 3 is 2.35 bits per heavy atom. The van der Waals surface area contributed by atoms with E-state index >= 15 is 0 Å². The van der Waals surface area contributed by atoms with E-state index in [0.717, 1.165) is 17.0 Å². The Labute approximate surface area is 198 Å². The van der Waals surface area contributed by atoms with Crippen molar-refractivity contribution in [1.82, 2.24) is 14.7 Å². The van der Waals surface area contributed by atoms with Crippen molar-refractivity contribution in [3.05, 3.63) is 65.0 Å². The molecule has 34 heavy (non-hydrogen) atoms. The third-order valence-electron chi connectivity index (χ3n) is 5.88. The molecule has 9 nitrogen and oxygen atoms in total. The molecule has 1 aliphatic heterocycles. The molecule has 1 aliphatic rings. The van der Waals surface area contributed by atoms with Crippen LogP contribution in [0.15, 0.2) is 59.4 Å². The molecule has 0 N–H and O–H groups in total. The highest BCUT2D eigenvalue weighted by molar-refractivity contribution is 5.76. The number of carbonyl (C=O) groups is 1.